The molecule has 1 saturated carbocycles. The van der Waals surface area contributed by atoms with E-state index in [-0.39, 0.29) is 0 Å². The summed E-state index contributed by atoms with van der Waals surface area (Å²) in [5.74, 6) is 0. The van der Waals surface area contributed by atoms with Crippen LogP contribution in [-0.4, -0.2) is 89.2 Å². The largest absolute Gasteiger partial charge is 0.440 e. The van der Waals surface area contributed by atoms with Gasteiger partial charge in [0, 0.05) is 21.2 Å². The van der Waals surface area contributed by atoms with Gasteiger partial charge < -0.3 is 34.8 Å². The molecule has 0 bridgehead atoms. The van der Waals surface area contributed by atoms with Crippen molar-refractivity contribution in [3.63, 3.8) is 0 Å². The molecule has 18 heavy (non-hydrogen) atoms. The number of aliphatic hydroxyl groups excluding tert-OH is 4. The highest BCUT2D eigenvalue weighted by atomic mass is 16.6. The van der Waals surface area contributed by atoms with Crippen LogP contribution in [0.25, 0.3) is 0 Å². The second-order valence-corrected chi connectivity index (χ2v) is 4.41. The number of nitrogens with zero attached hydrogens (tertiary/aromatic N) is 1. The minimum absolute atomic E-state index is 0.753. The molecular formula is C10H19NO7. The second kappa shape index (κ2) is 5.81. The minimum Gasteiger partial charge on any atom is -0.440 e. The molecule has 0 aromatic heterocycles. The van der Waals surface area contributed by atoms with Gasteiger partial charge in [0.25, 0.3) is 0 Å². The van der Waals surface area contributed by atoms with E-state index in [1.165, 1.54) is 21.2 Å². The first-order valence-corrected chi connectivity index (χ1v) is 5.44. The molecule has 1 aliphatic carbocycles. The average Bonchev–Trinajstić information content (AvgIpc) is 2.33. The lowest BCUT2D eigenvalue weighted by molar-refractivity contribution is -0.230. The fourth-order valence-electron chi connectivity index (χ4n) is 1.81. The first-order chi connectivity index (χ1) is 8.31. The highest BCUT2D eigenvalue weighted by molar-refractivity contribution is 5.67. The van der Waals surface area contributed by atoms with Crippen LogP contribution in [0.2, 0.25) is 0 Å². The third-order valence-corrected chi connectivity index (χ3v) is 2.92. The predicted molar refractivity (Wildman–Crippen MR) is 58.8 cm³/mol. The van der Waals surface area contributed by atoms with Crippen molar-refractivity contribution < 1.29 is 34.7 Å². The van der Waals surface area contributed by atoms with Gasteiger partial charge in [-0.15, -0.1) is 0 Å². The van der Waals surface area contributed by atoms with Gasteiger partial charge in [0.1, 0.15) is 30.5 Å². The first kappa shape index (κ1) is 15.1. The standard InChI is InChI=1S/C10H19NO7/c1-11(2)10(16)18-9-7(15)5(13)4(12)6(14)8(9)17-3/h4-9,12-15H,1-3H3. The van der Waals surface area contributed by atoms with Gasteiger partial charge in [0.05, 0.1) is 0 Å². The fraction of sp³-hybridized carbons (Fsp3) is 0.900. The van der Waals surface area contributed by atoms with Gasteiger partial charge in [-0.3, -0.25) is 0 Å². The van der Waals surface area contributed by atoms with Crippen molar-refractivity contribution in [1.82, 2.24) is 4.90 Å². The van der Waals surface area contributed by atoms with Gasteiger partial charge in [-0.25, -0.2) is 4.79 Å². The van der Waals surface area contributed by atoms with Gasteiger partial charge in [-0.1, -0.05) is 0 Å². The summed E-state index contributed by atoms with van der Waals surface area (Å²) in [4.78, 5) is 12.6. The number of hydrogen-bond donors (Lipinski definition) is 4. The molecule has 0 aromatic rings. The summed E-state index contributed by atoms with van der Waals surface area (Å²) >= 11 is 0. The molecule has 0 radical (unpaired) electrons. The Morgan fingerprint density at radius 2 is 1.39 bits per heavy atom. The van der Waals surface area contributed by atoms with Crippen LogP contribution in [0.15, 0.2) is 0 Å². The highest BCUT2D eigenvalue weighted by Gasteiger charge is 2.51. The maximum Gasteiger partial charge on any atom is 0.409 e. The molecule has 0 saturated heterocycles. The lowest BCUT2D eigenvalue weighted by Crippen LogP contribution is -2.65. The molecule has 0 heterocycles. The molecule has 1 fully saturated rings. The molecule has 1 amide bonds. The van der Waals surface area contributed by atoms with E-state index in [1.807, 2.05) is 0 Å². The first-order valence-electron chi connectivity index (χ1n) is 5.44. The Bertz CT molecular complexity index is 298. The van der Waals surface area contributed by atoms with E-state index in [0.29, 0.717) is 0 Å². The SMILES string of the molecule is COC1C(O)C(O)C(O)C(O)C1OC(=O)N(C)C. The number of methoxy groups -OCH3 is 1. The number of hydrogen-bond acceptors (Lipinski definition) is 7. The summed E-state index contributed by atoms with van der Waals surface area (Å²) in [6.45, 7) is 0. The summed E-state index contributed by atoms with van der Waals surface area (Å²) in [5, 5.41) is 38.5. The van der Waals surface area contributed by atoms with Crippen LogP contribution in [0.5, 0.6) is 0 Å². The minimum atomic E-state index is -1.62. The predicted octanol–water partition coefficient (Wildman–Crippen LogP) is -2.47. The van der Waals surface area contributed by atoms with E-state index in [0.717, 1.165) is 4.90 Å². The zero-order chi connectivity index (χ0) is 14.0. The molecule has 8 heteroatoms. The Kier molecular flexibility index (Phi) is 4.88. The van der Waals surface area contributed by atoms with Crippen LogP contribution in [0.1, 0.15) is 0 Å². The summed E-state index contributed by atoms with van der Waals surface area (Å²) in [6, 6.07) is 0. The van der Waals surface area contributed by atoms with E-state index in [4.69, 9.17) is 9.47 Å². The van der Waals surface area contributed by atoms with E-state index < -0.39 is 42.7 Å². The number of carbonyl (C=O) groups excluding carboxylic acids is 1. The molecule has 1 rings (SSSR count). The molecule has 8 nitrogen and oxygen atoms in total. The molecule has 0 spiro atoms. The third kappa shape index (κ3) is 2.73. The monoisotopic (exact) mass is 265 g/mol. The van der Waals surface area contributed by atoms with Crippen molar-refractivity contribution in [2.24, 2.45) is 0 Å². The number of ether oxygens (including phenoxy) is 2. The topological polar surface area (TPSA) is 120 Å². The zero-order valence-corrected chi connectivity index (χ0v) is 10.4. The van der Waals surface area contributed by atoms with Crippen LogP contribution in [0.3, 0.4) is 0 Å². The molecule has 6 unspecified atom stereocenters. The Labute approximate surface area is 104 Å². The third-order valence-electron chi connectivity index (χ3n) is 2.92. The lowest BCUT2D eigenvalue weighted by atomic mass is 9.84. The van der Waals surface area contributed by atoms with E-state index in [9.17, 15) is 25.2 Å². The maximum absolute atomic E-state index is 11.4. The van der Waals surface area contributed by atoms with Crippen LogP contribution < -0.4 is 0 Å². The van der Waals surface area contributed by atoms with E-state index in [1.54, 1.807) is 0 Å². The number of carbonyl (C=O) groups is 1. The van der Waals surface area contributed by atoms with Crippen molar-refractivity contribution in [2.75, 3.05) is 21.2 Å². The maximum atomic E-state index is 11.4. The molecule has 1 aliphatic rings. The fourth-order valence-corrected chi connectivity index (χ4v) is 1.81. The summed E-state index contributed by atoms with van der Waals surface area (Å²) in [6.07, 6.45) is -9.34. The van der Waals surface area contributed by atoms with E-state index >= 15 is 0 Å². The Morgan fingerprint density at radius 3 is 1.78 bits per heavy atom. The molecule has 106 valence electrons. The van der Waals surface area contributed by atoms with Crippen molar-refractivity contribution in [2.45, 2.75) is 36.6 Å². The number of amides is 1. The molecule has 0 aromatic carbocycles. The van der Waals surface area contributed by atoms with Gasteiger partial charge in [-0.05, 0) is 0 Å². The van der Waals surface area contributed by atoms with Gasteiger partial charge in [0.2, 0.25) is 0 Å². The van der Waals surface area contributed by atoms with Crippen molar-refractivity contribution in [3.8, 4) is 0 Å². The lowest BCUT2D eigenvalue weighted by Gasteiger charge is -2.42. The van der Waals surface area contributed by atoms with E-state index in [2.05, 4.69) is 0 Å². The zero-order valence-electron chi connectivity index (χ0n) is 10.4. The Morgan fingerprint density at radius 1 is 0.944 bits per heavy atom. The van der Waals surface area contributed by atoms with Crippen LogP contribution >= 0.6 is 0 Å². The molecule has 0 aliphatic heterocycles. The Balaban J connectivity index is 2.87. The number of aliphatic hydroxyl groups is 4. The van der Waals surface area contributed by atoms with Crippen molar-refractivity contribution in [3.05, 3.63) is 0 Å². The Hall–Kier alpha value is -0.930. The van der Waals surface area contributed by atoms with Crippen LogP contribution in [0, 0.1) is 0 Å². The summed E-state index contributed by atoms with van der Waals surface area (Å²) in [7, 11) is 4.13. The molecule has 6 atom stereocenters. The summed E-state index contributed by atoms with van der Waals surface area (Å²) < 4.78 is 9.85. The normalized spacial score (nSPS) is 40.4. The molecule has 4 N–H and O–H groups in total. The smallest absolute Gasteiger partial charge is 0.409 e. The highest BCUT2D eigenvalue weighted by Crippen LogP contribution is 2.26. The van der Waals surface area contributed by atoms with Gasteiger partial charge in [-0.2, -0.15) is 0 Å². The van der Waals surface area contributed by atoms with Gasteiger partial charge in [0.15, 0.2) is 6.10 Å². The van der Waals surface area contributed by atoms with Gasteiger partial charge >= 0.3 is 6.09 Å². The van der Waals surface area contributed by atoms with Crippen molar-refractivity contribution in [1.29, 1.82) is 0 Å². The van der Waals surface area contributed by atoms with Crippen LogP contribution in [0.4, 0.5) is 4.79 Å². The second-order valence-electron chi connectivity index (χ2n) is 4.41. The molecular weight excluding hydrogens is 246 g/mol. The average molecular weight is 265 g/mol. The van der Waals surface area contributed by atoms with Crippen LogP contribution in [-0.2, 0) is 9.47 Å². The van der Waals surface area contributed by atoms with Crippen molar-refractivity contribution >= 4 is 6.09 Å². The quantitative estimate of drug-likeness (QED) is 0.436. The summed E-state index contributed by atoms with van der Waals surface area (Å²) in [5.41, 5.74) is 0. The number of rotatable bonds is 2.